The molecule has 0 heterocycles. The summed E-state index contributed by atoms with van der Waals surface area (Å²) < 4.78 is 5.19. The summed E-state index contributed by atoms with van der Waals surface area (Å²) in [5.41, 5.74) is 5.90. The van der Waals surface area contributed by atoms with Gasteiger partial charge in [-0.3, -0.25) is 4.90 Å². The maximum atomic E-state index is 5.90. The van der Waals surface area contributed by atoms with Crippen LogP contribution in [0.15, 0.2) is 0 Å². The first kappa shape index (κ1) is 13.9. The molecule has 3 unspecified atom stereocenters. The Morgan fingerprint density at radius 2 is 2.12 bits per heavy atom. The van der Waals surface area contributed by atoms with Crippen LogP contribution in [-0.4, -0.2) is 44.3 Å². The summed E-state index contributed by atoms with van der Waals surface area (Å²) in [6.07, 6.45) is 3.95. The van der Waals surface area contributed by atoms with E-state index in [-0.39, 0.29) is 0 Å². The Morgan fingerprint density at radius 1 is 1.38 bits per heavy atom. The highest BCUT2D eigenvalue weighted by Gasteiger charge is 2.31. The van der Waals surface area contributed by atoms with Gasteiger partial charge in [-0.25, -0.2) is 0 Å². The lowest BCUT2D eigenvalue weighted by Crippen LogP contribution is -2.47. The van der Waals surface area contributed by atoms with E-state index in [1.165, 1.54) is 19.3 Å². The molecule has 3 heteroatoms. The Kier molecular flexibility index (Phi) is 6.32. The lowest BCUT2D eigenvalue weighted by molar-refractivity contribution is 0.0636. The SMILES string of the molecule is CCN(CCOC)C1CC(C)CCC1CN. The zero-order chi connectivity index (χ0) is 12.0. The highest BCUT2D eigenvalue weighted by Crippen LogP contribution is 2.31. The summed E-state index contributed by atoms with van der Waals surface area (Å²) in [6, 6.07) is 0.675. The van der Waals surface area contributed by atoms with E-state index in [2.05, 4.69) is 18.7 Å². The van der Waals surface area contributed by atoms with Crippen LogP contribution in [0.25, 0.3) is 0 Å². The molecule has 1 aliphatic rings. The van der Waals surface area contributed by atoms with Crippen LogP contribution in [0, 0.1) is 11.8 Å². The zero-order valence-electron chi connectivity index (χ0n) is 11.1. The maximum Gasteiger partial charge on any atom is 0.0589 e. The van der Waals surface area contributed by atoms with Gasteiger partial charge in [0.1, 0.15) is 0 Å². The van der Waals surface area contributed by atoms with Crippen LogP contribution >= 0.6 is 0 Å². The predicted molar refractivity (Wildman–Crippen MR) is 68.5 cm³/mol. The highest BCUT2D eigenvalue weighted by molar-refractivity contribution is 4.86. The summed E-state index contributed by atoms with van der Waals surface area (Å²) in [5, 5.41) is 0. The highest BCUT2D eigenvalue weighted by atomic mass is 16.5. The standard InChI is InChI=1S/C13H28N2O/c1-4-15(7-8-16-3)13-9-11(2)5-6-12(13)10-14/h11-13H,4-10,14H2,1-3H3. The van der Waals surface area contributed by atoms with E-state index in [1.807, 2.05) is 0 Å². The van der Waals surface area contributed by atoms with Gasteiger partial charge in [0.2, 0.25) is 0 Å². The summed E-state index contributed by atoms with van der Waals surface area (Å²) in [6.45, 7) is 8.42. The van der Waals surface area contributed by atoms with Crippen molar-refractivity contribution in [2.45, 2.75) is 39.2 Å². The number of nitrogens with two attached hydrogens (primary N) is 1. The number of methoxy groups -OCH3 is 1. The molecule has 0 aromatic rings. The largest absolute Gasteiger partial charge is 0.383 e. The molecule has 0 amide bonds. The van der Waals surface area contributed by atoms with Gasteiger partial charge in [0.05, 0.1) is 6.61 Å². The molecule has 0 aliphatic heterocycles. The molecule has 3 atom stereocenters. The first-order valence-corrected chi connectivity index (χ1v) is 6.65. The van der Waals surface area contributed by atoms with Gasteiger partial charge in [-0.2, -0.15) is 0 Å². The fourth-order valence-corrected chi connectivity index (χ4v) is 2.90. The van der Waals surface area contributed by atoms with E-state index in [1.54, 1.807) is 7.11 Å². The second kappa shape index (κ2) is 7.25. The van der Waals surface area contributed by atoms with Gasteiger partial charge in [-0.15, -0.1) is 0 Å². The van der Waals surface area contributed by atoms with E-state index in [9.17, 15) is 0 Å². The molecule has 0 saturated heterocycles. The molecule has 0 aromatic heterocycles. The van der Waals surface area contributed by atoms with Crippen LogP contribution in [0.4, 0.5) is 0 Å². The van der Waals surface area contributed by atoms with Gasteiger partial charge in [-0.1, -0.05) is 20.3 Å². The van der Waals surface area contributed by atoms with Gasteiger partial charge in [-0.05, 0) is 37.8 Å². The first-order chi connectivity index (χ1) is 7.72. The molecule has 1 fully saturated rings. The molecular weight excluding hydrogens is 200 g/mol. The number of nitrogens with zero attached hydrogens (tertiary/aromatic N) is 1. The van der Waals surface area contributed by atoms with E-state index >= 15 is 0 Å². The molecule has 16 heavy (non-hydrogen) atoms. The molecule has 0 bridgehead atoms. The topological polar surface area (TPSA) is 38.5 Å². The van der Waals surface area contributed by atoms with Gasteiger partial charge in [0.15, 0.2) is 0 Å². The van der Waals surface area contributed by atoms with Crippen LogP contribution in [0.3, 0.4) is 0 Å². The third-order valence-electron chi connectivity index (χ3n) is 3.98. The van der Waals surface area contributed by atoms with Crippen LogP contribution in [0.2, 0.25) is 0 Å². The molecule has 1 aliphatic carbocycles. The molecule has 96 valence electrons. The van der Waals surface area contributed by atoms with E-state index in [0.29, 0.717) is 12.0 Å². The molecule has 0 radical (unpaired) electrons. The Morgan fingerprint density at radius 3 is 2.69 bits per heavy atom. The van der Waals surface area contributed by atoms with Crippen molar-refractivity contribution in [2.24, 2.45) is 17.6 Å². The monoisotopic (exact) mass is 228 g/mol. The van der Waals surface area contributed by atoms with Crippen molar-refractivity contribution in [3.8, 4) is 0 Å². The molecule has 1 rings (SSSR count). The third kappa shape index (κ3) is 3.72. The maximum absolute atomic E-state index is 5.90. The smallest absolute Gasteiger partial charge is 0.0589 e. The second-order valence-electron chi connectivity index (χ2n) is 5.10. The molecule has 0 spiro atoms. The van der Waals surface area contributed by atoms with Gasteiger partial charge in [0, 0.05) is 19.7 Å². The zero-order valence-corrected chi connectivity index (χ0v) is 11.1. The van der Waals surface area contributed by atoms with Crippen molar-refractivity contribution in [3.05, 3.63) is 0 Å². The summed E-state index contributed by atoms with van der Waals surface area (Å²) in [7, 11) is 1.78. The minimum absolute atomic E-state index is 0.675. The van der Waals surface area contributed by atoms with Crippen molar-refractivity contribution in [1.29, 1.82) is 0 Å². The molecule has 3 nitrogen and oxygen atoms in total. The normalized spacial score (nSPS) is 30.9. The second-order valence-corrected chi connectivity index (χ2v) is 5.10. The number of likely N-dealkylation sites (N-methyl/N-ethyl adjacent to an activating group) is 1. The van der Waals surface area contributed by atoms with Crippen molar-refractivity contribution in [3.63, 3.8) is 0 Å². The lowest BCUT2D eigenvalue weighted by Gasteiger charge is -2.41. The van der Waals surface area contributed by atoms with Gasteiger partial charge < -0.3 is 10.5 Å². The van der Waals surface area contributed by atoms with E-state index in [0.717, 1.165) is 32.2 Å². The lowest BCUT2D eigenvalue weighted by atomic mass is 9.78. The third-order valence-corrected chi connectivity index (χ3v) is 3.98. The summed E-state index contributed by atoms with van der Waals surface area (Å²) >= 11 is 0. The fourth-order valence-electron chi connectivity index (χ4n) is 2.90. The summed E-state index contributed by atoms with van der Waals surface area (Å²) in [4.78, 5) is 2.55. The Labute approximate surface area is 100 Å². The predicted octanol–water partition coefficient (Wildman–Crippen LogP) is 1.72. The van der Waals surface area contributed by atoms with Gasteiger partial charge in [0.25, 0.3) is 0 Å². The number of rotatable bonds is 6. The quantitative estimate of drug-likeness (QED) is 0.752. The number of ether oxygens (including phenoxy) is 1. The average molecular weight is 228 g/mol. The molecular formula is C13H28N2O. The van der Waals surface area contributed by atoms with Crippen LogP contribution in [-0.2, 0) is 4.74 Å². The van der Waals surface area contributed by atoms with E-state index < -0.39 is 0 Å². The minimum Gasteiger partial charge on any atom is -0.383 e. The van der Waals surface area contributed by atoms with Gasteiger partial charge >= 0.3 is 0 Å². The van der Waals surface area contributed by atoms with Crippen molar-refractivity contribution >= 4 is 0 Å². The van der Waals surface area contributed by atoms with Crippen LogP contribution in [0.5, 0.6) is 0 Å². The van der Waals surface area contributed by atoms with Crippen molar-refractivity contribution < 1.29 is 4.74 Å². The van der Waals surface area contributed by atoms with Crippen molar-refractivity contribution in [1.82, 2.24) is 4.90 Å². The summed E-state index contributed by atoms with van der Waals surface area (Å²) in [5.74, 6) is 1.54. The first-order valence-electron chi connectivity index (χ1n) is 6.65. The van der Waals surface area contributed by atoms with Crippen molar-refractivity contribution in [2.75, 3.05) is 33.4 Å². The van der Waals surface area contributed by atoms with Crippen LogP contribution in [0.1, 0.15) is 33.1 Å². The molecule has 2 N–H and O–H groups in total. The van der Waals surface area contributed by atoms with E-state index in [4.69, 9.17) is 10.5 Å². The molecule has 1 saturated carbocycles. The Hall–Kier alpha value is -0.120. The van der Waals surface area contributed by atoms with Crippen LogP contribution < -0.4 is 5.73 Å². The Bertz CT molecular complexity index is 187. The fraction of sp³-hybridized carbons (Fsp3) is 1.00. The number of hydrogen-bond donors (Lipinski definition) is 1. The average Bonchev–Trinajstić information content (AvgIpc) is 2.30. The number of hydrogen-bond acceptors (Lipinski definition) is 3. The minimum atomic E-state index is 0.675. The Balaban J connectivity index is 2.55. The molecule has 0 aromatic carbocycles.